The van der Waals surface area contributed by atoms with Crippen molar-refractivity contribution in [3.8, 4) is 0 Å². The normalized spacial score (nSPS) is 23.3. The van der Waals surface area contributed by atoms with Crippen LogP contribution in [0.3, 0.4) is 0 Å². The zero-order valence-corrected chi connectivity index (χ0v) is 8.68. The molecule has 2 N–H and O–H groups in total. The molecule has 0 radical (unpaired) electrons. The summed E-state index contributed by atoms with van der Waals surface area (Å²) in [6.45, 7) is 4.30. The van der Waals surface area contributed by atoms with E-state index in [1.165, 1.54) is 6.92 Å². The maximum Gasteiger partial charge on any atom is 0.254 e. The first kappa shape index (κ1) is 11.4. The number of hydrogen-bond donors (Lipinski definition) is 2. The molecule has 0 aromatic carbocycles. The summed E-state index contributed by atoms with van der Waals surface area (Å²) < 4.78 is 0. The predicted molar refractivity (Wildman–Crippen MR) is 51.8 cm³/mol. The maximum atomic E-state index is 11.5. The summed E-state index contributed by atoms with van der Waals surface area (Å²) >= 11 is 0. The third kappa shape index (κ3) is 2.67. The second-order valence-electron chi connectivity index (χ2n) is 3.81. The second kappa shape index (κ2) is 4.72. The zero-order chi connectivity index (χ0) is 10.7. The van der Waals surface area contributed by atoms with Gasteiger partial charge < -0.3 is 20.0 Å². The van der Waals surface area contributed by atoms with Gasteiger partial charge in [0.2, 0.25) is 0 Å². The van der Waals surface area contributed by atoms with Crippen LogP contribution < -0.4 is 0 Å². The Balaban J connectivity index is 2.45. The number of piperazine rings is 1. The van der Waals surface area contributed by atoms with E-state index in [-0.39, 0.29) is 5.91 Å². The molecule has 1 fully saturated rings. The molecule has 1 saturated heterocycles. The van der Waals surface area contributed by atoms with E-state index in [9.17, 15) is 9.90 Å². The van der Waals surface area contributed by atoms with Gasteiger partial charge in [-0.15, -0.1) is 0 Å². The fourth-order valence-electron chi connectivity index (χ4n) is 1.42. The van der Waals surface area contributed by atoms with Crippen molar-refractivity contribution in [2.45, 2.75) is 19.1 Å². The van der Waals surface area contributed by atoms with Crippen molar-refractivity contribution in [3.63, 3.8) is 0 Å². The van der Waals surface area contributed by atoms with Gasteiger partial charge in [0.05, 0.1) is 6.10 Å². The number of carbonyl (C=O) groups excluding carboxylic acids is 1. The highest BCUT2D eigenvalue weighted by Gasteiger charge is 2.27. The van der Waals surface area contributed by atoms with E-state index in [1.807, 2.05) is 7.05 Å². The summed E-state index contributed by atoms with van der Waals surface area (Å²) in [5.41, 5.74) is 0. The summed E-state index contributed by atoms with van der Waals surface area (Å²) in [5.74, 6) is -0.367. The number of carbonyl (C=O) groups is 1. The average molecular weight is 202 g/mol. The Morgan fingerprint density at radius 3 is 2.14 bits per heavy atom. The Morgan fingerprint density at radius 1 is 1.21 bits per heavy atom. The minimum atomic E-state index is -1.28. The number of amides is 1. The predicted octanol–water partition coefficient (Wildman–Crippen LogP) is -1.50. The van der Waals surface area contributed by atoms with Crippen LogP contribution in [0.4, 0.5) is 0 Å². The van der Waals surface area contributed by atoms with Crippen molar-refractivity contribution < 1.29 is 15.0 Å². The minimum absolute atomic E-state index is 0.367. The molecule has 0 bridgehead atoms. The van der Waals surface area contributed by atoms with E-state index in [0.29, 0.717) is 13.1 Å². The van der Waals surface area contributed by atoms with Gasteiger partial charge in [-0.2, -0.15) is 0 Å². The molecule has 1 rings (SSSR count). The van der Waals surface area contributed by atoms with E-state index >= 15 is 0 Å². The van der Waals surface area contributed by atoms with Gasteiger partial charge in [0.25, 0.3) is 5.91 Å². The van der Waals surface area contributed by atoms with Gasteiger partial charge in [0, 0.05) is 26.2 Å². The lowest BCUT2D eigenvalue weighted by Crippen LogP contribution is -2.52. The first-order valence-corrected chi connectivity index (χ1v) is 4.86. The lowest BCUT2D eigenvalue weighted by Gasteiger charge is -2.34. The van der Waals surface area contributed by atoms with Gasteiger partial charge >= 0.3 is 0 Å². The number of aliphatic hydroxyl groups excluding tert-OH is 2. The lowest BCUT2D eigenvalue weighted by molar-refractivity contribution is -0.147. The smallest absolute Gasteiger partial charge is 0.254 e. The van der Waals surface area contributed by atoms with Gasteiger partial charge in [0.1, 0.15) is 0 Å². The number of nitrogens with zero attached hydrogens (tertiary/aromatic N) is 2. The summed E-state index contributed by atoms with van der Waals surface area (Å²) in [6, 6.07) is 0. The Labute approximate surface area is 83.9 Å². The second-order valence-corrected chi connectivity index (χ2v) is 3.81. The molecule has 1 amide bonds. The molecular formula is C9H18N2O3. The first-order valence-electron chi connectivity index (χ1n) is 4.86. The summed E-state index contributed by atoms with van der Waals surface area (Å²) in [6.07, 6.45) is -2.28. The van der Waals surface area contributed by atoms with Gasteiger partial charge in [-0.05, 0) is 14.0 Å². The van der Waals surface area contributed by atoms with Crippen LogP contribution in [0.5, 0.6) is 0 Å². The molecule has 5 nitrogen and oxygen atoms in total. The number of likely N-dealkylation sites (N-methyl/N-ethyl adjacent to an activating group) is 1. The van der Waals surface area contributed by atoms with Crippen molar-refractivity contribution in [3.05, 3.63) is 0 Å². The SMILES string of the molecule is C[C@H](O)[C@@H](O)C(=O)N1CCN(C)CC1. The van der Waals surface area contributed by atoms with Gasteiger partial charge in [0.15, 0.2) is 6.10 Å². The standard InChI is InChI=1S/C9H18N2O3/c1-7(12)8(13)9(14)11-5-3-10(2)4-6-11/h7-8,12-13H,3-6H2,1-2H3/t7-,8+/m0/s1. The molecule has 1 heterocycles. The summed E-state index contributed by atoms with van der Waals surface area (Å²) in [5, 5.41) is 18.4. The maximum absolute atomic E-state index is 11.5. The molecule has 0 spiro atoms. The van der Waals surface area contributed by atoms with E-state index in [2.05, 4.69) is 4.90 Å². The lowest BCUT2D eigenvalue weighted by atomic mass is 10.2. The quantitative estimate of drug-likeness (QED) is 0.572. The Morgan fingerprint density at radius 2 is 1.71 bits per heavy atom. The number of aliphatic hydroxyl groups is 2. The summed E-state index contributed by atoms with van der Waals surface area (Å²) in [7, 11) is 1.99. The molecule has 0 aromatic rings. The Kier molecular flexibility index (Phi) is 3.86. The molecule has 0 aromatic heterocycles. The van der Waals surface area contributed by atoms with Gasteiger partial charge in [-0.1, -0.05) is 0 Å². The number of hydrogen-bond acceptors (Lipinski definition) is 4. The van der Waals surface area contributed by atoms with Crippen molar-refractivity contribution in [2.75, 3.05) is 33.2 Å². The highest BCUT2D eigenvalue weighted by Crippen LogP contribution is 2.04. The molecule has 14 heavy (non-hydrogen) atoms. The van der Waals surface area contributed by atoms with Crippen LogP contribution in [0.15, 0.2) is 0 Å². The van der Waals surface area contributed by atoms with E-state index in [0.717, 1.165) is 13.1 Å². The van der Waals surface area contributed by atoms with Crippen LogP contribution in [0, 0.1) is 0 Å². The topological polar surface area (TPSA) is 64.0 Å². The van der Waals surface area contributed by atoms with Crippen molar-refractivity contribution in [1.82, 2.24) is 9.80 Å². The molecule has 2 atom stereocenters. The van der Waals surface area contributed by atoms with Gasteiger partial charge in [-0.3, -0.25) is 4.79 Å². The first-order chi connectivity index (χ1) is 6.52. The number of rotatable bonds is 2. The van der Waals surface area contributed by atoms with E-state index < -0.39 is 12.2 Å². The van der Waals surface area contributed by atoms with E-state index in [1.54, 1.807) is 4.90 Å². The van der Waals surface area contributed by atoms with Crippen molar-refractivity contribution in [2.24, 2.45) is 0 Å². The molecule has 5 heteroatoms. The van der Waals surface area contributed by atoms with E-state index in [4.69, 9.17) is 5.11 Å². The van der Waals surface area contributed by atoms with Crippen LogP contribution in [0.25, 0.3) is 0 Å². The minimum Gasteiger partial charge on any atom is -0.390 e. The van der Waals surface area contributed by atoms with Crippen LogP contribution in [0.2, 0.25) is 0 Å². The fraction of sp³-hybridized carbons (Fsp3) is 0.889. The Bertz CT molecular complexity index is 200. The highest BCUT2D eigenvalue weighted by molar-refractivity contribution is 5.81. The van der Waals surface area contributed by atoms with Crippen molar-refractivity contribution in [1.29, 1.82) is 0 Å². The average Bonchev–Trinajstić information content (AvgIpc) is 2.16. The zero-order valence-electron chi connectivity index (χ0n) is 8.68. The van der Waals surface area contributed by atoms with Crippen LogP contribution >= 0.6 is 0 Å². The largest absolute Gasteiger partial charge is 0.390 e. The molecule has 1 aliphatic rings. The fourth-order valence-corrected chi connectivity index (χ4v) is 1.42. The molecule has 82 valence electrons. The molecule has 1 aliphatic heterocycles. The Hall–Kier alpha value is -0.650. The third-order valence-electron chi connectivity index (χ3n) is 2.52. The monoisotopic (exact) mass is 202 g/mol. The molecular weight excluding hydrogens is 184 g/mol. The van der Waals surface area contributed by atoms with Crippen LogP contribution in [0.1, 0.15) is 6.92 Å². The van der Waals surface area contributed by atoms with Crippen LogP contribution in [-0.2, 0) is 4.79 Å². The van der Waals surface area contributed by atoms with Crippen molar-refractivity contribution >= 4 is 5.91 Å². The molecule has 0 aliphatic carbocycles. The highest BCUT2D eigenvalue weighted by atomic mass is 16.3. The molecule has 0 saturated carbocycles. The molecule has 0 unspecified atom stereocenters. The van der Waals surface area contributed by atoms with Crippen LogP contribution in [-0.4, -0.2) is 71.4 Å². The van der Waals surface area contributed by atoms with Gasteiger partial charge in [-0.25, -0.2) is 0 Å². The third-order valence-corrected chi connectivity index (χ3v) is 2.52. The summed E-state index contributed by atoms with van der Waals surface area (Å²) in [4.78, 5) is 15.3.